The van der Waals surface area contributed by atoms with Gasteiger partial charge in [-0.2, -0.15) is 4.72 Å². The number of anilines is 1. The van der Waals surface area contributed by atoms with Crippen LogP contribution in [0.15, 0.2) is 42.1 Å². The van der Waals surface area contributed by atoms with Crippen LogP contribution in [0.3, 0.4) is 0 Å². The second-order valence-corrected chi connectivity index (χ2v) is 11.9. The van der Waals surface area contributed by atoms with Crippen molar-refractivity contribution in [2.75, 3.05) is 25.0 Å². The van der Waals surface area contributed by atoms with Gasteiger partial charge in [-0.15, -0.1) is 11.3 Å². The molecule has 2 aliphatic heterocycles. The lowest BCUT2D eigenvalue weighted by Gasteiger charge is -2.33. The van der Waals surface area contributed by atoms with Crippen molar-refractivity contribution in [2.45, 2.75) is 37.8 Å². The smallest absolute Gasteiger partial charge is 0.247 e. The Morgan fingerprint density at radius 3 is 2.72 bits per heavy atom. The number of thiophene rings is 1. The summed E-state index contributed by atoms with van der Waals surface area (Å²) in [5, 5.41) is 3.78. The summed E-state index contributed by atoms with van der Waals surface area (Å²) in [5.74, 6) is -1.10. The number of aromatic nitrogens is 1. The zero-order valence-electron chi connectivity index (χ0n) is 19.3. The molecule has 13 heteroatoms. The molecule has 0 radical (unpaired) electrons. The maximum atomic E-state index is 13.1. The van der Waals surface area contributed by atoms with Gasteiger partial charge in [-0.3, -0.25) is 19.4 Å². The lowest BCUT2D eigenvalue weighted by atomic mass is 10.1. The number of nitrogens with one attached hydrogen (secondary N) is 2. The van der Waals surface area contributed by atoms with E-state index in [4.69, 9.17) is 11.6 Å². The molecule has 4 rings (SSSR count). The number of hydrogen-bond acceptors (Lipinski definition) is 7. The molecule has 36 heavy (non-hydrogen) atoms. The van der Waals surface area contributed by atoms with Crippen LogP contribution in [0.25, 0.3) is 6.08 Å². The summed E-state index contributed by atoms with van der Waals surface area (Å²) in [5.41, 5.74) is 0.541. The van der Waals surface area contributed by atoms with Crippen LogP contribution in [0.2, 0.25) is 4.34 Å². The lowest BCUT2D eigenvalue weighted by Crippen LogP contribution is -2.55. The minimum atomic E-state index is -3.89. The molecule has 0 saturated carbocycles. The second-order valence-electron chi connectivity index (χ2n) is 8.54. The number of halogens is 1. The normalized spacial score (nSPS) is 20.8. The van der Waals surface area contributed by atoms with Crippen molar-refractivity contribution in [1.29, 1.82) is 0 Å². The minimum Gasteiger partial charge on any atom is -0.332 e. The molecule has 192 valence electrons. The van der Waals surface area contributed by atoms with Gasteiger partial charge in [0.05, 0.1) is 22.8 Å². The highest BCUT2D eigenvalue weighted by Gasteiger charge is 2.37. The third-order valence-corrected chi connectivity index (χ3v) is 8.28. The highest BCUT2D eigenvalue weighted by atomic mass is 35.5. The fourth-order valence-electron chi connectivity index (χ4n) is 4.27. The van der Waals surface area contributed by atoms with Gasteiger partial charge < -0.3 is 15.1 Å². The number of hydrogen-bond donors (Lipinski definition) is 2. The van der Waals surface area contributed by atoms with E-state index in [1.54, 1.807) is 30.5 Å². The van der Waals surface area contributed by atoms with E-state index < -0.39 is 28.0 Å². The van der Waals surface area contributed by atoms with Gasteiger partial charge in [0.2, 0.25) is 27.7 Å². The summed E-state index contributed by atoms with van der Waals surface area (Å²) in [6.07, 6.45) is 6.61. The molecule has 2 saturated heterocycles. The van der Waals surface area contributed by atoms with Crippen molar-refractivity contribution in [3.8, 4) is 0 Å². The number of nitrogens with zero attached hydrogens (tertiary/aromatic N) is 3. The molecule has 0 spiro atoms. The van der Waals surface area contributed by atoms with E-state index in [0.29, 0.717) is 53.7 Å². The fourth-order valence-corrected chi connectivity index (χ4v) is 6.34. The predicted molar refractivity (Wildman–Crippen MR) is 138 cm³/mol. The maximum absolute atomic E-state index is 13.1. The van der Waals surface area contributed by atoms with E-state index in [1.807, 2.05) is 0 Å². The average Bonchev–Trinajstić information content (AvgIpc) is 3.50. The minimum absolute atomic E-state index is 0.211. The van der Waals surface area contributed by atoms with Crippen molar-refractivity contribution in [3.63, 3.8) is 0 Å². The third-order valence-electron chi connectivity index (χ3n) is 5.97. The second kappa shape index (κ2) is 11.5. The van der Waals surface area contributed by atoms with E-state index in [-0.39, 0.29) is 18.4 Å². The maximum Gasteiger partial charge on any atom is 0.247 e. The number of carbonyl (C=O) groups excluding carboxylic acids is 3. The van der Waals surface area contributed by atoms with Gasteiger partial charge in [-0.05, 0) is 56.0 Å². The van der Waals surface area contributed by atoms with Crippen molar-refractivity contribution in [3.05, 3.63) is 51.3 Å². The molecule has 4 heterocycles. The van der Waals surface area contributed by atoms with Gasteiger partial charge in [0.1, 0.15) is 12.1 Å². The van der Waals surface area contributed by atoms with E-state index in [0.717, 1.165) is 5.41 Å². The highest BCUT2D eigenvalue weighted by Crippen LogP contribution is 2.23. The molecule has 2 fully saturated rings. The molecule has 2 aromatic rings. The van der Waals surface area contributed by atoms with Crippen LogP contribution >= 0.6 is 22.9 Å². The van der Waals surface area contributed by atoms with E-state index >= 15 is 0 Å². The Hall–Kier alpha value is -2.80. The molecule has 2 N–H and O–H groups in total. The van der Waals surface area contributed by atoms with Crippen LogP contribution in [0.4, 0.5) is 5.69 Å². The third kappa shape index (κ3) is 6.69. The molecule has 3 amide bonds. The zero-order valence-corrected chi connectivity index (χ0v) is 21.7. The molecule has 0 bridgehead atoms. The van der Waals surface area contributed by atoms with Gasteiger partial charge in [0, 0.05) is 29.6 Å². The van der Waals surface area contributed by atoms with Crippen molar-refractivity contribution in [1.82, 2.24) is 19.5 Å². The van der Waals surface area contributed by atoms with E-state index in [1.165, 1.54) is 33.4 Å². The Bertz CT molecular complexity index is 1250. The topological polar surface area (TPSA) is 129 Å². The van der Waals surface area contributed by atoms with Crippen LogP contribution in [0, 0.1) is 0 Å². The molecular weight excluding hydrogens is 526 g/mol. The number of amides is 3. The van der Waals surface area contributed by atoms with Gasteiger partial charge >= 0.3 is 0 Å². The van der Waals surface area contributed by atoms with Gasteiger partial charge in [0.15, 0.2) is 0 Å². The Kier molecular flexibility index (Phi) is 8.39. The summed E-state index contributed by atoms with van der Waals surface area (Å²) >= 11 is 7.10. The van der Waals surface area contributed by atoms with Gasteiger partial charge in [-0.25, -0.2) is 8.42 Å². The molecular formula is C23H26ClN5O5S2. The lowest BCUT2D eigenvalue weighted by molar-refractivity contribution is -0.144. The van der Waals surface area contributed by atoms with E-state index in [2.05, 4.69) is 15.0 Å². The monoisotopic (exact) mass is 551 g/mol. The molecule has 2 unspecified atom stereocenters. The number of likely N-dealkylation sites (tertiary alicyclic amines) is 2. The summed E-state index contributed by atoms with van der Waals surface area (Å²) < 4.78 is 28.0. The summed E-state index contributed by atoms with van der Waals surface area (Å²) in [6.45, 7) is 0.545. The quantitative estimate of drug-likeness (QED) is 0.518. The molecule has 2 aliphatic rings. The first-order chi connectivity index (χ1) is 17.2. The molecule has 0 aliphatic carbocycles. The number of piperidine rings is 1. The zero-order chi connectivity index (χ0) is 25.7. The summed E-state index contributed by atoms with van der Waals surface area (Å²) in [4.78, 5) is 46.3. The first kappa shape index (κ1) is 26.3. The average molecular weight is 552 g/mol. The molecule has 10 nitrogen and oxygen atoms in total. The Morgan fingerprint density at radius 2 is 2.00 bits per heavy atom. The summed E-state index contributed by atoms with van der Waals surface area (Å²) in [6, 6.07) is 5.18. The Morgan fingerprint density at radius 1 is 1.19 bits per heavy atom. The number of rotatable bonds is 8. The van der Waals surface area contributed by atoms with Crippen molar-refractivity contribution < 1.29 is 22.8 Å². The molecule has 2 aromatic heterocycles. The standard InChI is InChI=1S/C23H26ClN5O5S2/c24-20-8-7-17(35-20)9-13-36(33,34)27-18-5-2-11-28(23(18)32)15-21(30)29-12-3-6-19(29)22(31)26-16-4-1-10-25-14-16/h1,4,7-10,13-14,18-19,27H,2-3,5-6,11-12,15H2,(H,26,31)/b13-9+. The van der Waals surface area contributed by atoms with Gasteiger partial charge in [-0.1, -0.05) is 11.6 Å². The number of sulfonamides is 1. The predicted octanol–water partition coefficient (Wildman–Crippen LogP) is 2.31. The van der Waals surface area contributed by atoms with Crippen LogP contribution in [-0.4, -0.2) is 72.6 Å². The largest absolute Gasteiger partial charge is 0.332 e. The number of pyridine rings is 1. The highest BCUT2D eigenvalue weighted by molar-refractivity contribution is 7.92. The number of carbonyl (C=O) groups is 3. The van der Waals surface area contributed by atoms with Crippen LogP contribution < -0.4 is 10.0 Å². The first-order valence-electron chi connectivity index (χ1n) is 11.5. The summed E-state index contributed by atoms with van der Waals surface area (Å²) in [7, 11) is -3.89. The van der Waals surface area contributed by atoms with Crippen LogP contribution in [-0.2, 0) is 24.4 Å². The first-order valence-corrected chi connectivity index (χ1v) is 14.2. The van der Waals surface area contributed by atoms with Crippen molar-refractivity contribution >= 4 is 62.4 Å². The Balaban J connectivity index is 1.35. The van der Waals surface area contributed by atoms with Crippen molar-refractivity contribution in [2.24, 2.45) is 0 Å². The fraction of sp³-hybridized carbons (Fsp3) is 0.391. The Labute approximate surface area is 218 Å². The molecule has 0 aromatic carbocycles. The molecule has 2 atom stereocenters. The van der Waals surface area contributed by atoms with Crippen LogP contribution in [0.1, 0.15) is 30.6 Å². The van der Waals surface area contributed by atoms with Crippen LogP contribution in [0.5, 0.6) is 0 Å². The SMILES string of the molecule is O=C(Nc1cccnc1)C1CCCN1C(=O)CN1CCCC(NS(=O)(=O)/C=C/c2ccc(Cl)s2)C1=O. The van der Waals surface area contributed by atoms with E-state index in [9.17, 15) is 22.8 Å². The van der Waals surface area contributed by atoms with Gasteiger partial charge in [0.25, 0.3) is 0 Å².